The minimum Gasteiger partial charge on any atom is -0.345 e. The number of hydrogen-bond donors (Lipinski definition) is 1. The van der Waals surface area contributed by atoms with Crippen molar-refractivity contribution in [3.8, 4) is 11.4 Å². The van der Waals surface area contributed by atoms with Gasteiger partial charge >= 0.3 is 0 Å². The smallest absolute Gasteiger partial charge is 0.253 e. The second kappa shape index (κ2) is 6.55. The Morgan fingerprint density at radius 3 is 2.96 bits per heavy atom. The van der Waals surface area contributed by atoms with E-state index in [0.717, 1.165) is 36.6 Å². The van der Waals surface area contributed by atoms with Gasteiger partial charge in [0.2, 0.25) is 0 Å². The molecule has 1 aliphatic heterocycles. The highest BCUT2D eigenvalue weighted by atomic mass is 16.2. The lowest BCUT2D eigenvalue weighted by atomic mass is 9.96. The topological polar surface area (TPSA) is 66.8 Å². The van der Waals surface area contributed by atoms with Crippen LogP contribution < -0.4 is 0 Å². The van der Waals surface area contributed by atoms with Crippen LogP contribution in [-0.4, -0.2) is 43.4 Å². The zero-order valence-corrected chi connectivity index (χ0v) is 14.2. The zero-order chi connectivity index (χ0) is 17.2. The van der Waals surface area contributed by atoms with Crippen molar-refractivity contribution in [2.45, 2.75) is 18.8 Å². The van der Waals surface area contributed by atoms with E-state index < -0.39 is 0 Å². The van der Waals surface area contributed by atoms with Crippen LogP contribution in [0.2, 0.25) is 0 Å². The second-order valence-electron chi connectivity index (χ2n) is 6.51. The van der Waals surface area contributed by atoms with Gasteiger partial charge in [-0.1, -0.05) is 12.1 Å². The molecule has 1 unspecified atom stereocenters. The van der Waals surface area contributed by atoms with Crippen LogP contribution >= 0.6 is 0 Å². The fourth-order valence-corrected chi connectivity index (χ4v) is 3.55. The molecular weight excluding hydrogens is 314 g/mol. The van der Waals surface area contributed by atoms with E-state index in [4.69, 9.17) is 0 Å². The number of hydrogen-bond acceptors (Lipinski definition) is 3. The SMILES string of the molecule is Cn1ccnc1C1CCCN(C(=O)c2cccc(-c3ncc[nH]3)c2)C1. The van der Waals surface area contributed by atoms with Gasteiger partial charge in [0.05, 0.1) is 0 Å². The number of amides is 1. The van der Waals surface area contributed by atoms with Crippen LogP contribution in [0.4, 0.5) is 0 Å². The molecule has 1 N–H and O–H groups in total. The van der Waals surface area contributed by atoms with Crippen molar-refractivity contribution < 1.29 is 4.79 Å². The van der Waals surface area contributed by atoms with Crippen LogP contribution in [0.25, 0.3) is 11.4 Å². The molecule has 0 saturated carbocycles. The number of piperidine rings is 1. The number of likely N-dealkylation sites (tertiary alicyclic amines) is 1. The first-order valence-corrected chi connectivity index (χ1v) is 8.58. The highest BCUT2D eigenvalue weighted by Crippen LogP contribution is 2.27. The molecule has 4 rings (SSSR count). The Morgan fingerprint density at radius 2 is 2.20 bits per heavy atom. The van der Waals surface area contributed by atoms with Crippen LogP contribution in [0.15, 0.2) is 49.1 Å². The molecule has 1 aliphatic rings. The van der Waals surface area contributed by atoms with E-state index in [1.54, 1.807) is 12.4 Å². The number of carbonyl (C=O) groups excluding carboxylic acids is 1. The molecule has 0 aliphatic carbocycles. The molecule has 1 atom stereocenters. The highest BCUT2D eigenvalue weighted by Gasteiger charge is 2.27. The Kier molecular flexibility index (Phi) is 4.09. The molecular formula is C19H21N5O. The number of aromatic nitrogens is 4. The Bertz CT molecular complexity index is 868. The standard InChI is InChI=1S/C19H21N5O/c1-23-11-9-22-18(23)16-6-3-10-24(13-16)19(25)15-5-2-4-14(12-15)17-20-7-8-21-17/h2,4-5,7-9,11-12,16H,3,6,10,13H2,1H3,(H,20,21). The Balaban J connectivity index is 1.54. The van der Waals surface area contributed by atoms with E-state index in [0.29, 0.717) is 18.0 Å². The molecule has 6 nitrogen and oxygen atoms in total. The Labute approximate surface area is 146 Å². The van der Waals surface area contributed by atoms with Gasteiger partial charge in [-0.2, -0.15) is 0 Å². The third-order valence-electron chi connectivity index (χ3n) is 4.81. The maximum atomic E-state index is 13.0. The number of benzene rings is 1. The van der Waals surface area contributed by atoms with Gasteiger partial charge < -0.3 is 14.5 Å². The average Bonchev–Trinajstić information content (AvgIpc) is 3.33. The number of carbonyl (C=O) groups is 1. The number of rotatable bonds is 3. The van der Waals surface area contributed by atoms with Gasteiger partial charge in [0.25, 0.3) is 5.91 Å². The zero-order valence-electron chi connectivity index (χ0n) is 14.2. The van der Waals surface area contributed by atoms with Crippen molar-refractivity contribution in [2.24, 2.45) is 7.05 Å². The molecule has 25 heavy (non-hydrogen) atoms. The molecule has 3 heterocycles. The lowest BCUT2D eigenvalue weighted by Crippen LogP contribution is -2.39. The number of aromatic amines is 1. The Morgan fingerprint density at radius 1 is 1.28 bits per heavy atom. The number of aryl methyl sites for hydroxylation is 1. The molecule has 128 valence electrons. The molecule has 1 amide bonds. The summed E-state index contributed by atoms with van der Waals surface area (Å²) in [4.78, 5) is 26.8. The van der Waals surface area contributed by atoms with Crippen LogP contribution in [0.1, 0.15) is 34.9 Å². The number of imidazole rings is 2. The first-order chi connectivity index (χ1) is 12.2. The lowest BCUT2D eigenvalue weighted by Gasteiger charge is -2.32. The first-order valence-electron chi connectivity index (χ1n) is 8.58. The number of H-pyrrole nitrogens is 1. The van der Waals surface area contributed by atoms with Crippen molar-refractivity contribution in [1.82, 2.24) is 24.4 Å². The van der Waals surface area contributed by atoms with Gasteiger partial charge in [-0.25, -0.2) is 9.97 Å². The Hall–Kier alpha value is -2.89. The quantitative estimate of drug-likeness (QED) is 0.800. The summed E-state index contributed by atoms with van der Waals surface area (Å²) in [6, 6.07) is 7.65. The summed E-state index contributed by atoms with van der Waals surface area (Å²) in [5.74, 6) is 2.21. The summed E-state index contributed by atoms with van der Waals surface area (Å²) in [6.45, 7) is 1.51. The van der Waals surface area contributed by atoms with Crippen molar-refractivity contribution in [3.63, 3.8) is 0 Å². The third-order valence-corrected chi connectivity index (χ3v) is 4.81. The van der Waals surface area contributed by atoms with Crippen LogP contribution in [0.5, 0.6) is 0 Å². The molecule has 3 aromatic rings. The third kappa shape index (κ3) is 3.07. The van der Waals surface area contributed by atoms with Gasteiger partial charge in [-0.3, -0.25) is 4.79 Å². The van der Waals surface area contributed by atoms with E-state index in [1.807, 2.05) is 48.6 Å². The molecule has 0 bridgehead atoms. The minimum atomic E-state index is 0.0762. The van der Waals surface area contributed by atoms with Gasteiger partial charge in [0, 0.05) is 62.0 Å². The summed E-state index contributed by atoms with van der Waals surface area (Å²) in [7, 11) is 2.01. The van der Waals surface area contributed by atoms with Crippen molar-refractivity contribution in [3.05, 3.63) is 60.4 Å². The van der Waals surface area contributed by atoms with E-state index in [9.17, 15) is 4.79 Å². The summed E-state index contributed by atoms with van der Waals surface area (Å²) < 4.78 is 2.05. The first kappa shape index (κ1) is 15.6. The molecule has 6 heteroatoms. The van der Waals surface area contributed by atoms with E-state index in [1.165, 1.54) is 0 Å². The molecule has 1 saturated heterocycles. The summed E-state index contributed by atoms with van der Waals surface area (Å²) in [5.41, 5.74) is 1.63. The minimum absolute atomic E-state index is 0.0762. The van der Waals surface area contributed by atoms with Crippen molar-refractivity contribution in [2.75, 3.05) is 13.1 Å². The summed E-state index contributed by atoms with van der Waals surface area (Å²) in [6.07, 6.45) is 9.35. The lowest BCUT2D eigenvalue weighted by molar-refractivity contribution is 0.0703. The fourth-order valence-electron chi connectivity index (χ4n) is 3.55. The largest absolute Gasteiger partial charge is 0.345 e. The molecule has 0 spiro atoms. The fraction of sp³-hybridized carbons (Fsp3) is 0.316. The van der Waals surface area contributed by atoms with Crippen LogP contribution in [0, 0.1) is 0 Å². The molecule has 1 fully saturated rings. The maximum Gasteiger partial charge on any atom is 0.253 e. The normalized spacial score (nSPS) is 17.6. The molecule has 1 aromatic carbocycles. The molecule has 0 radical (unpaired) electrons. The van der Waals surface area contributed by atoms with E-state index in [2.05, 4.69) is 19.5 Å². The highest BCUT2D eigenvalue weighted by molar-refractivity contribution is 5.95. The second-order valence-corrected chi connectivity index (χ2v) is 6.51. The van der Waals surface area contributed by atoms with Gasteiger partial charge in [-0.05, 0) is 25.0 Å². The number of nitrogens with zero attached hydrogens (tertiary/aromatic N) is 4. The van der Waals surface area contributed by atoms with E-state index >= 15 is 0 Å². The van der Waals surface area contributed by atoms with Gasteiger partial charge in [-0.15, -0.1) is 0 Å². The monoisotopic (exact) mass is 335 g/mol. The average molecular weight is 335 g/mol. The predicted molar refractivity (Wildman–Crippen MR) is 95.1 cm³/mol. The predicted octanol–water partition coefficient (Wildman–Crippen LogP) is 2.83. The number of nitrogens with one attached hydrogen (secondary N) is 1. The summed E-state index contributed by atoms with van der Waals surface area (Å²) >= 11 is 0. The molecule has 2 aromatic heterocycles. The van der Waals surface area contributed by atoms with Gasteiger partial charge in [0.15, 0.2) is 0 Å². The maximum absolute atomic E-state index is 13.0. The van der Waals surface area contributed by atoms with Crippen molar-refractivity contribution in [1.29, 1.82) is 0 Å². The van der Waals surface area contributed by atoms with Crippen molar-refractivity contribution >= 4 is 5.91 Å². The summed E-state index contributed by atoms with van der Waals surface area (Å²) in [5, 5.41) is 0. The van der Waals surface area contributed by atoms with Gasteiger partial charge in [0.1, 0.15) is 11.6 Å². The van der Waals surface area contributed by atoms with Crippen LogP contribution in [-0.2, 0) is 7.05 Å². The van der Waals surface area contributed by atoms with Crippen LogP contribution in [0.3, 0.4) is 0 Å². The van der Waals surface area contributed by atoms with E-state index in [-0.39, 0.29) is 5.91 Å².